The van der Waals surface area contributed by atoms with Crippen LogP contribution in [-0.2, 0) is 13.5 Å². The van der Waals surface area contributed by atoms with Crippen molar-refractivity contribution in [1.29, 1.82) is 0 Å². The molecule has 1 unspecified atom stereocenters. The number of aromatic nitrogens is 3. The van der Waals surface area contributed by atoms with Gasteiger partial charge in [0.15, 0.2) is 5.82 Å². The number of hydrogen-bond donors (Lipinski definition) is 1. The zero-order valence-electron chi connectivity index (χ0n) is 10.6. The van der Waals surface area contributed by atoms with Crippen LogP contribution in [0.25, 0.3) is 11.4 Å². The summed E-state index contributed by atoms with van der Waals surface area (Å²) < 4.78 is 1.91. The van der Waals surface area contributed by atoms with E-state index in [0.717, 1.165) is 30.2 Å². The van der Waals surface area contributed by atoms with E-state index in [1.54, 1.807) is 0 Å². The molecule has 1 N–H and O–H groups in total. The summed E-state index contributed by atoms with van der Waals surface area (Å²) in [5.41, 5.74) is 1.08. The molecule has 2 aromatic rings. The van der Waals surface area contributed by atoms with Gasteiger partial charge in [0.2, 0.25) is 0 Å². The van der Waals surface area contributed by atoms with Crippen molar-refractivity contribution < 1.29 is 0 Å². The van der Waals surface area contributed by atoms with Gasteiger partial charge >= 0.3 is 0 Å². The average Bonchev–Trinajstić information content (AvgIpc) is 3.02. The van der Waals surface area contributed by atoms with E-state index in [0.29, 0.717) is 6.04 Å². The van der Waals surface area contributed by atoms with Gasteiger partial charge in [0.1, 0.15) is 5.82 Å². The minimum Gasteiger partial charge on any atom is -0.314 e. The van der Waals surface area contributed by atoms with E-state index in [1.165, 1.54) is 12.8 Å². The second-order valence-corrected chi connectivity index (χ2v) is 4.84. The fourth-order valence-electron chi connectivity index (χ4n) is 2.46. The van der Waals surface area contributed by atoms with Gasteiger partial charge in [0.05, 0.1) is 0 Å². The molecular weight excluding hydrogens is 224 g/mol. The van der Waals surface area contributed by atoms with Crippen LogP contribution in [0.5, 0.6) is 0 Å². The van der Waals surface area contributed by atoms with Crippen molar-refractivity contribution in [3.05, 3.63) is 36.2 Å². The van der Waals surface area contributed by atoms with Crippen LogP contribution in [0.1, 0.15) is 18.7 Å². The minimum atomic E-state index is 0.566. The van der Waals surface area contributed by atoms with E-state index in [4.69, 9.17) is 0 Å². The van der Waals surface area contributed by atoms with Gasteiger partial charge in [-0.2, -0.15) is 5.10 Å². The topological polar surface area (TPSA) is 42.7 Å². The lowest BCUT2D eigenvalue weighted by Gasteiger charge is -2.07. The molecule has 94 valence electrons. The fraction of sp³-hybridized carbons (Fsp3) is 0.429. The lowest BCUT2D eigenvalue weighted by Crippen LogP contribution is -2.25. The maximum absolute atomic E-state index is 4.66. The van der Waals surface area contributed by atoms with Crippen molar-refractivity contribution in [2.24, 2.45) is 7.05 Å². The highest BCUT2D eigenvalue weighted by Gasteiger charge is 2.18. The smallest absolute Gasteiger partial charge is 0.181 e. The largest absolute Gasteiger partial charge is 0.314 e. The Morgan fingerprint density at radius 2 is 2.17 bits per heavy atom. The summed E-state index contributed by atoms with van der Waals surface area (Å²) in [5.74, 6) is 1.89. The number of rotatable bonds is 3. The van der Waals surface area contributed by atoms with Gasteiger partial charge in [0.25, 0.3) is 0 Å². The van der Waals surface area contributed by atoms with Gasteiger partial charge in [-0.15, -0.1) is 0 Å². The second kappa shape index (κ2) is 4.90. The molecule has 1 aromatic carbocycles. The lowest BCUT2D eigenvalue weighted by molar-refractivity contribution is 0.562. The third kappa shape index (κ3) is 2.29. The number of nitrogens with one attached hydrogen (secondary N) is 1. The first kappa shape index (κ1) is 11.4. The molecule has 18 heavy (non-hydrogen) atoms. The molecule has 4 nitrogen and oxygen atoms in total. The third-order valence-electron chi connectivity index (χ3n) is 3.48. The molecule has 0 bridgehead atoms. The molecule has 1 atom stereocenters. The molecule has 2 heterocycles. The van der Waals surface area contributed by atoms with Crippen LogP contribution in [0.2, 0.25) is 0 Å². The second-order valence-electron chi connectivity index (χ2n) is 4.84. The standard InChI is InChI=1S/C14H18N4/c1-18-13(10-12-8-5-9-15-12)16-14(17-18)11-6-3-2-4-7-11/h2-4,6-7,12,15H,5,8-10H2,1H3. The summed E-state index contributed by atoms with van der Waals surface area (Å²) in [4.78, 5) is 4.66. The van der Waals surface area contributed by atoms with Crippen molar-refractivity contribution in [3.8, 4) is 11.4 Å². The van der Waals surface area contributed by atoms with Crippen molar-refractivity contribution in [2.45, 2.75) is 25.3 Å². The molecule has 0 radical (unpaired) electrons. The van der Waals surface area contributed by atoms with Gasteiger partial charge in [0, 0.05) is 25.1 Å². The Labute approximate surface area is 107 Å². The predicted octanol–water partition coefficient (Wildman–Crippen LogP) is 1.78. The van der Waals surface area contributed by atoms with Crippen LogP contribution in [-0.4, -0.2) is 27.4 Å². The normalized spacial score (nSPS) is 19.3. The number of aryl methyl sites for hydroxylation is 1. The minimum absolute atomic E-state index is 0.566. The third-order valence-corrected chi connectivity index (χ3v) is 3.48. The Morgan fingerprint density at radius 3 is 2.89 bits per heavy atom. The highest BCUT2D eigenvalue weighted by molar-refractivity contribution is 5.53. The highest BCUT2D eigenvalue weighted by atomic mass is 15.3. The Bertz CT molecular complexity index is 512. The van der Waals surface area contributed by atoms with Gasteiger partial charge < -0.3 is 5.32 Å². The van der Waals surface area contributed by atoms with Crippen molar-refractivity contribution in [2.75, 3.05) is 6.54 Å². The predicted molar refractivity (Wildman–Crippen MR) is 71.2 cm³/mol. The zero-order chi connectivity index (χ0) is 12.4. The van der Waals surface area contributed by atoms with Crippen molar-refractivity contribution in [1.82, 2.24) is 20.1 Å². The molecule has 1 saturated heterocycles. The van der Waals surface area contributed by atoms with E-state index >= 15 is 0 Å². The molecule has 1 aliphatic rings. The fourth-order valence-corrected chi connectivity index (χ4v) is 2.46. The number of nitrogens with zero attached hydrogens (tertiary/aromatic N) is 3. The highest BCUT2D eigenvalue weighted by Crippen LogP contribution is 2.16. The molecule has 0 aliphatic carbocycles. The summed E-state index contributed by atoms with van der Waals surface area (Å²) in [6, 6.07) is 10.7. The molecule has 0 amide bonds. The van der Waals surface area contributed by atoms with Crippen LogP contribution >= 0.6 is 0 Å². The molecule has 3 rings (SSSR count). The first-order chi connectivity index (χ1) is 8.83. The van der Waals surface area contributed by atoms with E-state index in [-0.39, 0.29) is 0 Å². The van der Waals surface area contributed by atoms with E-state index < -0.39 is 0 Å². The van der Waals surface area contributed by atoms with Crippen LogP contribution in [0.15, 0.2) is 30.3 Å². The summed E-state index contributed by atoms with van der Waals surface area (Å²) in [7, 11) is 1.98. The molecule has 4 heteroatoms. The molecule has 1 aromatic heterocycles. The quantitative estimate of drug-likeness (QED) is 0.892. The SMILES string of the molecule is Cn1nc(-c2ccccc2)nc1CC1CCCN1. The van der Waals surface area contributed by atoms with Crippen LogP contribution in [0.4, 0.5) is 0 Å². The van der Waals surface area contributed by atoms with E-state index in [9.17, 15) is 0 Å². The molecule has 0 saturated carbocycles. The van der Waals surface area contributed by atoms with Gasteiger partial charge in [-0.1, -0.05) is 30.3 Å². The summed E-state index contributed by atoms with van der Waals surface area (Å²) >= 11 is 0. The van der Waals surface area contributed by atoms with E-state index in [1.807, 2.05) is 42.1 Å². The maximum Gasteiger partial charge on any atom is 0.181 e. The molecular formula is C14H18N4. The van der Waals surface area contributed by atoms with Crippen LogP contribution < -0.4 is 5.32 Å². The van der Waals surface area contributed by atoms with Gasteiger partial charge in [-0.25, -0.2) is 4.98 Å². The summed E-state index contributed by atoms with van der Waals surface area (Å²) in [6.45, 7) is 1.13. The average molecular weight is 242 g/mol. The Morgan fingerprint density at radius 1 is 1.33 bits per heavy atom. The summed E-state index contributed by atoms with van der Waals surface area (Å²) in [6.07, 6.45) is 3.48. The lowest BCUT2D eigenvalue weighted by atomic mass is 10.1. The van der Waals surface area contributed by atoms with Gasteiger partial charge in [-0.05, 0) is 19.4 Å². The zero-order valence-corrected chi connectivity index (χ0v) is 10.6. The van der Waals surface area contributed by atoms with Crippen LogP contribution in [0, 0.1) is 0 Å². The Hall–Kier alpha value is -1.68. The van der Waals surface area contributed by atoms with Gasteiger partial charge in [-0.3, -0.25) is 4.68 Å². The first-order valence-electron chi connectivity index (χ1n) is 6.51. The number of benzene rings is 1. The Kier molecular flexibility index (Phi) is 3.11. The maximum atomic E-state index is 4.66. The first-order valence-corrected chi connectivity index (χ1v) is 6.51. The molecule has 0 spiro atoms. The monoisotopic (exact) mass is 242 g/mol. The number of hydrogen-bond acceptors (Lipinski definition) is 3. The summed E-state index contributed by atoms with van der Waals surface area (Å²) in [5, 5.41) is 8.00. The van der Waals surface area contributed by atoms with E-state index in [2.05, 4.69) is 15.4 Å². The molecule has 1 aliphatic heterocycles. The van der Waals surface area contributed by atoms with Crippen molar-refractivity contribution >= 4 is 0 Å². The van der Waals surface area contributed by atoms with Crippen LogP contribution in [0.3, 0.4) is 0 Å². The Balaban J connectivity index is 1.82. The van der Waals surface area contributed by atoms with Crippen molar-refractivity contribution in [3.63, 3.8) is 0 Å². The molecule has 1 fully saturated rings.